The van der Waals surface area contributed by atoms with Crippen molar-refractivity contribution in [2.24, 2.45) is 5.73 Å². The van der Waals surface area contributed by atoms with E-state index in [1.54, 1.807) is 17.5 Å². The summed E-state index contributed by atoms with van der Waals surface area (Å²) in [6.07, 6.45) is 1.75. The van der Waals surface area contributed by atoms with Crippen molar-refractivity contribution in [2.45, 2.75) is 20.0 Å². The average molecular weight is 248 g/mol. The first kappa shape index (κ1) is 12.0. The maximum Gasteiger partial charge on any atom is 0.144 e. The first-order valence-electron chi connectivity index (χ1n) is 5.47. The lowest BCUT2D eigenvalue weighted by atomic mass is 10.3. The van der Waals surface area contributed by atoms with Crippen LogP contribution in [0.1, 0.15) is 16.3 Å². The molecule has 0 radical (unpaired) electrons. The summed E-state index contributed by atoms with van der Waals surface area (Å²) in [4.78, 5) is 12.0. The normalized spacial score (nSPS) is 10.5. The zero-order valence-electron chi connectivity index (χ0n) is 10.1. The molecular weight excluding hydrogens is 232 g/mol. The highest BCUT2D eigenvalue weighted by Crippen LogP contribution is 2.19. The molecule has 0 aliphatic rings. The van der Waals surface area contributed by atoms with Gasteiger partial charge in [-0.05, 0) is 30.0 Å². The lowest BCUT2D eigenvalue weighted by Gasteiger charge is -2.18. The highest BCUT2D eigenvalue weighted by atomic mass is 32.1. The summed E-state index contributed by atoms with van der Waals surface area (Å²) in [5.74, 6) is 1.59. The second-order valence-corrected chi connectivity index (χ2v) is 4.92. The van der Waals surface area contributed by atoms with Gasteiger partial charge in [0.05, 0.1) is 13.1 Å². The molecule has 2 rings (SSSR count). The summed E-state index contributed by atoms with van der Waals surface area (Å²) >= 11 is 1.77. The minimum atomic E-state index is 0.375. The van der Waals surface area contributed by atoms with Crippen molar-refractivity contribution in [3.8, 4) is 0 Å². The molecule has 0 unspecified atom stereocenters. The highest BCUT2D eigenvalue weighted by Gasteiger charge is 2.07. The second-order valence-electron chi connectivity index (χ2n) is 3.92. The Kier molecular flexibility index (Phi) is 3.71. The summed E-state index contributed by atoms with van der Waals surface area (Å²) in [6, 6.07) is 4.04. The van der Waals surface area contributed by atoms with E-state index in [1.807, 2.05) is 13.1 Å². The number of aromatic nitrogens is 2. The molecule has 2 N–H and O–H groups in total. The van der Waals surface area contributed by atoms with Crippen LogP contribution in [0, 0.1) is 6.92 Å². The first-order chi connectivity index (χ1) is 8.20. The lowest BCUT2D eigenvalue weighted by Crippen LogP contribution is -2.18. The maximum absolute atomic E-state index is 5.54. The SMILES string of the molecule is Cc1ccsc1CN(C)c1ccnc(CN)n1. The van der Waals surface area contributed by atoms with Gasteiger partial charge in [-0.2, -0.15) is 0 Å². The van der Waals surface area contributed by atoms with E-state index < -0.39 is 0 Å². The van der Waals surface area contributed by atoms with E-state index in [0.29, 0.717) is 12.4 Å². The van der Waals surface area contributed by atoms with Crippen molar-refractivity contribution in [3.63, 3.8) is 0 Å². The summed E-state index contributed by atoms with van der Waals surface area (Å²) in [7, 11) is 2.03. The Hall–Kier alpha value is -1.46. The van der Waals surface area contributed by atoms with Gasteiger partial charge in [-0.3, -0.25) is 0 Å². The van der Waals surface area contributed by atoms with Crippen LogP contribution in [-0.4, -0.2) is 17.0 Å². The Morgan fingerprint density at radius 2 is 2.24 bits per heavy atom. The highest BCUT2D eigenvalue weighted by molar-refractivity contribution is 7.10. The minimum absolute atomic E-state index is 0.375. The van der Waals surface area contributed by atoms with Crippen molar-refractivity contribution in [3.05, 3.63) is 40.0 Å². The predicted molar refractivity (Wildman–Crippen MR) is 71.1 cm³/mol. The number of hydrogen-bond donors (Lipinski definition) is 1. The molecule has 0 aromatic carbocycles. The molecule has 0 saturated carbocycles. The van der Waals surface area contributed by atoms with Crippen LogP contribution in [0.2, 0.25) is 0 Å². The second kappa shape index (κ2) is 5.25. The summed E-state index contributed by atoms with van der Waals surface area (Å²) in [5.41, 5.74) is 6.87. The molecule has 90 valence electrons. The number of nitrogens with two attached hydrogens (primary N) is 1. The Morgan fingerprint density at radius 1 is 1.41 bits per heavy atom. The summed E-state index contributed by atoms with van der Waals surface area (Å²) in [6.45, 7) is 3.37. The van der Waals surface area contributed by atoms with Gasteiger partial charge in [0.1, 0.15) is 11.6 Å². The van der Waals surface area contributed by atoms with Crippen molar-refractivity contribution in [2.75, 3.05) is 11.9 Å². The van der Waals surface area contributed by atoms with E-state index in [4.69, 9.17) is 5.73 Å². The van der Waals surface area contributed by atoms with E-state index in [0.717, 1.165) is 12.4 Å². The van der Waals surface area contributed by atoms with Gasteiger partial charge >= 0.3 is 0 Å². The molecule has 2 aromatic rings. The van der Waals surface area contributed by atoms with E-state index in [-0.39, 0.29) is 0 Å². The predicted octanol–water partition coefficient (Wildman–Crippen LogP) is 1.94. The summed E-state index contributed by atoms with van der Waals surface area (Å²) < 4.78 is 0. The molecule has 4 nitrogen and oxygen atoms in total. The van der Waals surface area contributed by atoms with Crippen molar-refractivity contribution >= 4 is 17.2 Å². The average Bonchev–Trinajstić information content (AvgIpc) is 2.75. The van der Waals surface area contributed by atoms with E-state index in [1.165, 1.54) is 10.4 Å². The van der Waals surface area contributed by atoms with Crippen LogP contribution in [0.5, 0.6) is 0 Å². The quantitative estimate of drug-likeness (QED) is 0.898. The van der Waals surface area contributed by atoms with Gasteiger partial charge in [-0.1, -0.05) is 0 Å². The molecule has 0 aliphatic heterocycles. The van der Waals surface area contributed by atoms with Gasteiger partial charge in [-0.25, -0.2) is 9.97 Å². The molecule has 2 aromatic heterocycles. The Morgan fingerprint density at radius 3 is 2.88 bits per heavy atom. The Labute approximate surface area is 105 Å². The molecule has 2 heterocycles. The van der Waals surface area contributed by atoms with Crippen molar-refractivity contribution in [1.29, 1.82) is 0 Å². The minimum Gasteiger partial charge on any atom is -0.354 e. The van der Waals surface area contributed by atoms with Crippen molar-refractivity contribution < 1.29 is 0 Å². The van der Waals surface area contributed by atoms with Crippen molar-refractivity contribution in [1.82, 2.24) is 9.97 Å². The van der Waals surface area contributed by atoms with Gasteiger partial charge in [0.2, 0.25) is 0 Å². The van der Waals surface area contributed by atoms with Crippen LogP contribution < -0.4 is 10.6 Å². The van der Waals surface area contributed by atoms with E-state index >= 15 is 0 Å². The van der Waals surface area contributed by atoms with E-state index in [2.05, 4.69) is 33.2 Å². The van der Waals surface area contributed by atoms with Crippen LogP contribution >= 0.6 is 11.3 Å². The lowest BCUT2D eigenvalue weighted by molar-refractivity contribution is 0.853. The largest absolute Gasteiger partial charge is 0.354 e. The fraction of sp³-hybridized carbons (Fsp3) is 0.333. The monoisotopic (exact) mass is 248 g/mol. The van der Waals surface area contributed by atoms with Gasteiger partial charge in [0.25, 0.3) is 0 Å². The molecule has 0 fully saturated rings. The standard InChI is InChI=1S/C12H16N4S/c1-9-4-6-17-10(9)8-16(2)12-3-5-14-11(7-13)15-12/h3-6H,7-8,13H2,1-2H3. The molecule has 5 heteroatoms. The molecule has 0 atom stereocenters. The number of thiophene rings is 1. The number of anilines is 1. The number of aryl methyl sites for hydroxylation is 1. The Balaban J connectivity index is 2.14. The van der Waals surface area contributed by atoms with Crippen LogP contribution in [0.4, 0.5) is 5.82 Å². The zero-order chi connectivity index (χ0) is 12.3. The molecule has 0 spiro atoms. The third-order valence-corrected chi connectivity index (χ3v) is 3.62. The molecule has 0 aliphatic carbocycles. The number of rotatable bonds is 4. The number of hydrogen-bond acceptors (Lipinski definition) is 5. The summed E-state index contributed by atoms with van der Waals surface area (Å²) in [5, 5.41) is 2.11. The van der Waals surface area contributed by atoms with Crippen LogP contribution in [-0.2, 0) is 13.1 Å². The first-order valence-corrected chi connectivity index (χ1v) is 6.34. The smallest absolute Gasteiger partial charge is 0.144 e. The molecule has 17 heavy (non-hydrogen) atoms. The molecule has 0 saturated heterocycles. The maximum atomic E-state index is 5.54. The third kappa shape index (κ3) is 2.81. The fourth-order valence-corrected chi connectivity index (χ4v) is 2.52. The topological polar surface area (TPSA) is 55.0 Å². The van der Waals surface area contributed by atoms with Gasteiger partial charge in [-0.15, -0.1) is 11.3 Å². The zero-order valence-corrected chi connectivity index (χ0v) is 10.9. The van der Waals surface area contributed by atoms with Crippen LogP contribution in [0.15, 0.2) is 23.7 Å². The molecule has 0 bridgehead atoms. The van der Waals surface area contributed by atoms with Crippen LogP contribution in [0.3, 0.4) is 0 Å². The molecule has 0 amide bonds. The van der Waals surface area contributed by atoms with E-state index in [9.17, 15) is 0 Å². The molecular formula is C12H16N4S. The third-order valence-electron chi connectivity index (χ3n) is 2.61. The van der Waals surface area contributed by atoms with Gasteiger partial charge < -0.3 is 10.6 Å². The van der Waals surface area contributed by atoms with Crippen LogP contribution in [0.25, 0.3) is 0 Å². The van der Waals surface area contributed by atoms with Gasteiger partial charge in [0.15, 0.2) is 0 Å². The fourth-order valence-electron chi connectivity index (χ4n) is 1.56. The number of nitrogens with zero attached hydrogens (tertiary/aromatic N) is 3. The van der Waals surface area contributed by atoms with Gasteiger partial charge in [0, 0.05) is 18.1 Å². The Bertz CT molecular complexity index is 495.